The molecule has 0 spiro atoms. The molecular weight excluding hydrogens is 727 g/mol. The van der Waals surface area contributed by atoms with Crippen LogP contribution in [0, 0.1) is 6.92 Å². The van der Waals surface area contributed by atoms with Gasteiger partial charge in [-0.2, -0.15) is 10.1 Å². The first-order valence-electron chi connectivity index (χ1n) is 19.4. The Morgan fingerprint density at radius 2 is 1.74 bits per heavy atom. The molecule has 2 aliphatic heterocycles. The van der Waals surface area contributed by atoms with Gasteiger partial charge < -0.3 is 19.1 Å². The van der Waals surface area contributed by atoms with Gasteiger partial charge in [-0.05, 0) is 113 Å². The molecule has 2 saturated heterocycles. The van der Waals surface area contributed by atoms with Crippen LogP contribution in [-0.4, -0.2) is 102 Å². The number of aryl methyl sites for hydroxylation is 1. The zero-order chi connectivity index (χ0) is 40.3. The van der Waals surface area contributed by atoms with Crippen LogP contribution in [0.4, 0.5) is 4.79 Å². The molecule has 15 nitrogen and oxygen atoms in total. The van der Waals surface area contributed by atoms with E-state index >= 15 is 0 Å². The van der Waals surface area contributed by atoms with Crippen LogP contribution in [0.2, 0.25) is 0 Å². The number of piperidine rings is 2. The van der Waals surface area contributed by atoms with Crippen molar-refractivity contribution >= 4 is 29.4 Å². The molecular formula is C42H49N9O6. The smallest absolute Gasteiger partial charge is 0.370 e. The third kappa shape index (κ3) is 9.26. The maximum Gasteiger partial charge on any atom is 0.418 e. The molecule has 7 rings (SSSR count). The van der Waals surface area contributed by atoms with Crippen LogP contribution in [0.3, 0.4) is 0 Å². The van der Waals surface area contributed by atoms with E-state index < -0.39 is 17.6 Å². The van der Waals surface area contributed by atoms with Gasteiger partial charge in [0.25, 0.3) is 5.82 Å². The van der Waals surface area contributed by atoms with Crippen LogP contribution in [0.15, 0.2) is 72.0 Å². The Balaban J connectivity index is 0.925. The van der Waals surface area contributed by atoms with Crippen LogP contribution in [0.1, 0.15) is 96.7 Å². The molecule has 3 aromatic heterocycles. The molecule has 298 valence electrons. The van der Waals surface area contributed by atoms with Crippen molar-refractivity contribution in [3.63, 3.8) is 0 Å². The second kappa shape index (κ2) is 16.7. The Morgan fingerprint density at radius 3 is 2.42 bits per heavy atom. The predicted octanol–water partition coefficient (Wildman–Crippen LogP) is 5.50. The third-order valence-corrected chi connectivity index (χ3v) is 11.0. The fourth-order valence-electron chi connectivity index (χ4n) is 7.70. The number of likely N-dealkylation sites (N-methyl/N-ethyl adjacent to an activating group) is 1. The SMILES string of the molecule is Cc1cc(-c2ncnn3cc(CN(C)CCN4CCC(c5ccc(C6CCC(=O)NC6=O)cc5)CC4)cc23)ccc1CN(C(=O)OC(=O)c1ncon1)C(C)(C)C. The van der Waals surface area contributed by atoms with Crippen LogP contribution in [0.5, 0.6) is 0 Å². The lowest BCUT2D eigenvalue weighted by atomic mass is 9.86. The fraction of sp³-hybridized carbons (Fsp3) is 0.429. The average molecular weight is 776 g/mol. The summed E-state index contributed by atoms with van der Waals surface area (Å²) in [5.41, 5.74) is 7.27. The summed E-state index contributed by atoms with van der Waals surface area (Å²) in [6, 6.07) is 16.6. The lowest BCUT2D eigenvalue weighted by Gasteiger charge is -2.34. The van der Waals surface area contributed by atoms with E-state index in [9.17, 15) is 19.2 Å². The number of imide groups is 1. The summed E-state index contributed by atoms with van der Waals surface area (Å²) >= 11 is 0. The van der Waals surface area contributed by atoms with Gasteiger partial charge in [-0.1, -0.05) is 41.6 Å². The summed E-state index contributed by atoms with van der Waals surface area (Å²) in [6.45, 7) is 12.6. The molecule has 0 radical (unpaired) electrons. The van der Waals surface area contributed by atoms with E-state index in [1.54, 1.807) is 6.33 Å². The maximum atomic E-state index is 13.1. The molecule has 1 atom stereocenters. The van der Waals surface area contributed by atoms with E-state index in [-0.39, 0.29) is 30.1 Å². The molecule has 0 aliphatic carbocycles. The predicted molar refractivity (Wildman–Crippen MR) is 210 cm³/mol. The largest absolute Gasteiger partial charge is 0.418 e. The summed E-state index contributed by atoms with van der Waals surface area (Å²) < 4.78 is 11.5. The number of nitrogens with zero attached hydrogens (tertiary/aromatic N) is 8. The van der Waals surface area contributed by atoms with E-state index in [4.69, 9.17) is 4.74 Å². The van der Waals surface area contributed by atoms with Gasteiger partial charge in [-0.15, -0.1) is 0 Å². The molecule has 1 N–H and O–H groups in total. The van der Waals surface area contributed by atoms with Gasteiger partial charge >= 0.3 is 12.1 Å². The van der Waals surface area contributed by atoms with Crippen molar-refractivity contribution in [2.75, 3.05) is 33.2 Å². The highest BCUT2D eigenvalue weighted by Crippen LogP contribution is 2.32. The second-order valence-electron chi connectivity index (χ2n) is 16.1. The van der Waals surface area contributed by atoms with Crippen molar-refractivity contribution in [2.24, 2.45) is 0 Å². The number of carbonyl (C=O) groups is 4. The number of hydrogen-bond acceptors (Lipinski definition) is 12. The number of likely N-dealkylation sites (tertiary alicyclic amines) is 1. The molecule has 0 bridgehead atoms. The van der Waals surface area contributed by atoms with Gasteiger partial charge in [0.15, 0.2) is 0 Å². The quantitative estimate of drug-likeness (QED) is 0.102. The summed E-state index contributed by atoms with van der Waals surface area (Å²) in [5.74, 6) is -1.42. The minimum absolute atomic E-state index is 0.185. The summed E-state index contributed by atoms with van der Waals surface area (Å²) in [6.07, 6.45) is 6.96. The molecule has 2 aromatic carbocycles. The first kappa shape index (κ1) is 39.4. The Labute approximate surface area is 331 Å². The molecule has 5 aromatic rings. The van der Waals surface area contributed by atoms with Crippen LogP contribution >= 0.6 is 0 Å². The van der Waals surface area contributed by atoms with Crippen molar-refractivity contribution in [3.8, 4) is 11.3 Å². The normalized spacial score (nSPS) is 16.9. The highest BCUT2D eigenvalue weighted by Gasteiger charge is 2.32. The van der Waals surface area contributed by atoms with Crippen molar-refractivity contribution in [3.05, 3.63) is 101 Å². The van der Waals surface area contributed by atoms with Gasteiger partial charge in [0.05, 0.1) is 17.1 Å². The highest BCUT2D eigenvalue weighted by atomic mass is 16.6. The first-order valence-corrected chi connectivity index (χ1v) is 19.4. The average Bonchev–Trinajstić information content (AvgIpc) is 3.87. The Bertz CT molecular complexity index is 2240. The monoisotopic (exact) mass is 775 g/mol. The van der Waals surface area contributed by atoms with Gasteiger partial charge in [-0.25, -0.2) is 19.1 Å². The standard InChI is InChI=1S/C42H49N9O6/c1-27-20-32(10-11-33(27)24-50(42(2,3)4)41(55)57-40(54)38-44-26-56-47-38)37-35-21-28(23-51(35)45-25-43-37)22-48(5)18-19-49-16-14-30(15-17-49)29-6-8-31(9-7-29)34-12-13-36(52)46-39(34)53/h6-11,20-21,23,25-26,30,34H,12-19,22,24H2,1-5H3,(H,46,52,53). The lowest BCUT2D eigenvalue weighted by Crippen LogP contribution is -2.46. The second-order valence-corrected chi connectivity index (χ2v) is 16.1. The number of hydrogen-bond donors (Lipinski definition) is 1. The topological polar surface area (TPSA) is 168 Å². The molecule has 0 saturated carbocycles. The number of ether oxygens (including phenoxy) is 1. The van der Waals surface area contributed by atoms with Crippen molar-refractivity contribution in [1.29, 1.82) is 0 Å². The number of aromatic nitrogens is 5. The maximum absolute atomic E-state index is 13.1. The summed E-state index contributed by atoms with van der Waals surface area (Å²) in [4.78, 5) is 64.0. The van der Waals surface area contributed by atoms with Gasteiger partial charge in [0.2, 0.25) is 18.2 Å². The van der Waals surface area contributed by atoms with E-state index in [2.05, 4.69) is 83.4 Å². The number of esters is 1. The van der Waals surface area contributed by atoms with Crippen LogP contribution in [0.25, 0.3) is 16.8 Å². The zero-order valence-corrected chi connectivity index (χ0v) is 33.1. The Hall–Kier alpha value is -5.80. The molecule has 3 amide bonds. The minimum Gasteiger partial charge on any atom is -0.370 e. The highest BCUT2D eigenvalue weighted by molar-refractivity contribution is 6.01. The molecule has 5 heterocycles. The Kier molecular flexibility index (Phi) is 11.6. The molecule has 1 unspecified atom stereocenters. The van der Waals surface area contributed by atoms with Crippen LogP contribution in [-0.2, 0) is 27.4 Å². The fourth-order valence-corrected chi connectivity index (χ4v) is 7.70. The van der Waals surface area contributed by atoms with E-state index in [1.807, 2.05) is 50.4 Å². The van der Waals surface area contributed by atoms with Gasteiger partial charge in [0.1, 0.15) is 6.33 Å². The van der Waals surface area contributed by atoms with Crippen molar-refractivity contribution < 1.29 is 28.4 Å². The lowest BCUT2D eigenvalue weighted by molar-refractivity contribution is -0.134. The van der Waals surface area contributed by atoms with Crippen molar-refractivity contribution in [2.45, 2.75) is 83.8 Å². The summed E-state index contributed by atoms with van der Waals surface area (Å²) in [7, 11) is 2.14. The molecule has 57 heavy (non-hydrogen) atoms. The van der Waals surface area contributed by atoms with E-state index in [0.717, 1.165) is 91.0 Å². The van der Waals surface area contributed by atoms with Gasteiger partial charge in [0, 0.05) is 49.9 Å². The van der Waals surface area contributed by atoms with E-state index in [1.165, 1.54) is 10.5 Å². The number of fused-ring (bicyclic) bond motifs is 1. The number of amides is 3. The Morgan fingerprint density at radius 1 is 0.982 bits per heavy atom. The van der Waals surface area contributed by atoms with E-state index in [0.29, 0.717) is 18.8 Å². The third-order valence-electron chi connectivity index (χ3n) is 11.0. The molecule has 2 fully saturated rings. The molecule has 2 aliphatic rings. The molecule has 15 heteroatoms. The zero-order valence-electron chi connectivity index (χ0n) is 33.1. The van der Waals surface area contributed by atoms with Gasteiger partial charge in [-0.3, -0.25) is 19.8 Å². The first-order chi connectivity index (χ1) is 27.3. The summed E-state index contributed by atoms with van der Waals surface area (Å²) in [5, 5.41) is 10.4. The minimum atomic E-state index is -0.980. The van der Waals surface area contributed by atoms with Crippen molar-refractivity contribution in [1.82, 2.24) is 44.8 Å². The number of rotatable bonds is 11. The number of benzene rings is 2. The number of nitrogens with one attached hydrogen (secondary N) is 1. The number of carbonyl (C=O) groups excluding carboxylic acids is 4. The van der Waals surface area contributed by atoms with Crippen LogP contribution < -0.4 is 5.32 Å².